The van der Waals surface area contributed by atoms with Crippen LogP contribution in [0.5, 0.6) is 5.75 Å². The van der Waals surface area contributed by atoms with Crippen molar-refractivity contribution >= 4 is 5.91 Å². The molecule has 4 heteroatoms. The van der Waals surface area contributed by atoms with Crippen LogP contribution in [-0.2, 0) is 6.54 Å². The summed E-state index contributed by atoms with van der Waals surface area (Å²) in [6.07, 6.45) is 3.45. The van der Waals surface area contributed by atoms with Crippen LogP contribution in [0.15, 0.2) is 48.5 Å². The molecule has 30 heavy (non-hydrogen) atoms. The predicted octanol–water partition coefficient (Wildman–Crippen LogP) is 5.44. The van der Waals surface area contributed by atoms with E-state index in [-0.39, 0.29) is 11.9 Å². The number of piperidine rings is 1. The van der Waals surface area contributed by atoms with Gasteiger partial charge in [-0.1, -0.05) is 45.0 Å². The van der Waals surface area contributed by atoms with E-state index in [0.29, 0.717) is 11.5 Å². The maximum absolute atomic E-state index is 12.9. The van der Waals surface area contributed by atoms with Crippen molar-refractivity contribution in [2.75, 3.05) is 20.2 Å². The van der Waals surface area contributed by atoms with Gasteiger partial charge in [0.05, 0.1) is 13.2 Å². The fourth-order valence-electron chi connectivity index (χ4n) is 4.07. The van der Waals surface area contributed by atoms with Crippen LogP contribution in [0.25, 0.3) is 0 Å². The molecule has 0 aromatic heterocycles. The molecule has 0 spiro atoms. The Morgan fingerprint density at radius 2 is 1.70 bits per heavy atom. The quantitative estimate of drug-likeness (QED) is 0.632. The molecule has 0 saturated carbocycles. The van der Waals surface area contributed by atoms with E-state index in [0.717, 1.165) is 30.2 Å². The minimum absolute atomic E-state index is 0.0153. The first-order valence-corrected chi connectivity index (χ1v) is 11.2. The highest BCUT2D eigenvalue weighted by molar-refractivity contribution is 5.94. The molecule has 162 valence electrons. The van der Waals surface area contributed by atoms with E-state index in [9.17, 15) is 4.79 Å². The van der Waals surface area contributed by atoms with Crippen molar-refractivity contribution < 1.29 is 9.53 Å². The monoisotopic (exact) mass is 408 g/mol. The molecule has 1 amide bonds. The van der Waals surface area contributed by atoms with E-state index in [2.05, 4.69) is 43.1 Å². The van der Waals surface area contributed by atoms with Crippen LogP contribution in [0.1, 0.15) is 67.6 Å². The molecule has 1 fully saturated rings. The summed E-state index contributed by atoms with van der Waals surface area (Å²) in [4.78, 5) is 15.4. The number of amides is 1. The van der Waals surface area contributed by atoms with Crippen LogP contribution in [0.3, 0.4) is 0 Å². The number of carbonyl (C=O) groups is 1. The van der Waals surface area contributed by atoms with Crippen molar-refractivity contribution in [1.29, 1.82) is 0 Å². The normalized spacial score (nSPS) is 16.4. The predicted molar refractivity (Wildman–Crippen MR) is 123 cm³/mol. The molecule has 1 saturated heterocycles. The smallest absolute Gasteiger partial charge is 0.251 e. The van der Waals surface area contributed by atoms with Gasteiger partial charge in [0, 0.05) is 12.1 Å². The van der Waals surface area contributed by atoms with Gasteiger partial charge in [-0.3, -0.25) is 9.69 Å². The van der Waals surface area contributed by atoms with Crippen molar-refractivity contribution in [1.82, 2.24) is 10.2 Å². The van der Waals surface area contributed by atoms with E-state index in [4.69, 9.17) is 4.74 Å². The third-order valence-corrected chi connectivity index (χ3v) is 6.03. The summed E-state index contributed by atoms with van der Waals surface area (Å²) in [6, 6.07) is 16.1. The number of hydrogen-bond donors (Lipinski definition) is 1. The summed E-state index contributed by atoms with van der Waals surface area (Å²) >= 11 is 0. The lowest BCUT2D eigenvalue weighted by atomic mass is 9.96. The Morgan fingerprint density at radius 1 is 1.07 bits per heavy atom. The molecular weight excluding hydrogens is 372 g/mol. The molecule has 0 bridgehead atoms. The Kier molecular flexibility index (Phi) is 7.92. The minimum atomic E-state index is -0.0187. The first kappa shape index (κ1) is 22.4. The molecule has 0 radical (unpaired) electrons. The lowest BCUT2D eigenvalue weighted by molar-refractivity contribution is 0.0932. The second-order valence-corrected chi connectivity index (χ2v) is 9.08. The number of nitrogens with one attached hydrogen (secondary N) is 1. The van der Waals surface area contributed by atoms with Gasteiger partial charge >= 0.3 is 0 Å². The van der Waals surface area contributed by atoms with Crippen molar-refractivity contribution in [2.24, 2.45) is 11.8 Å². The Bertz CT molecular complexity index is 791. The molecule has 0 aliphatic carbocycles. The molecule has 0 unspecified atom stereocenters. The lowest BCUT2D eigenvalue weighted by Crippen LogP contribution is -2.32. The molecule has 3 rings (SSSR count). The Labute approximate surface area is 181 Å². The number of likely N-dealkylation sites (tertiary alicyclic amines) is 1. The molecule has 4 nitrogen and oxygen atoms in total. The standard InChI is InChI=1S/C26H36N2O2/c1-19(2)17-25(22-9-11-24(30-4)12-10-22)27-26(29)23-7-5-21(6-8-23)18-28-15-13-20(3)14-16-28/h5-12,19-20,25H,13-18H2,1-4H3,(H,27,29)/t25-/m0/s1. The molecule has 1 N–H and O–H groups in total. The fourth-order valence-corrected chi connectivity index (χ4v) is 4.07. The van der Waals surface area contributed by atoms with Crippen molar-refractivity contribution in [3.05, 3.63) is 65.2 Å². The van der Waals surface area contributed by atoms with Crippen LogP contribution in [-0.4, -0.2) is 31.0 Å². The largest absolute Gasteiger partial charge is 0.497 e. The maximum Gasteiger partial charge on any atom is 0.251 e. The van der Waals surface area contributed by atoms with E-state index < -0.39 is 0 Å². The zero-order chi connectivity index (χ0) is 21.5. The number of rotatable bonds is 8. The topological polar surface area (TPSA) is 41.6 Å². The molecule has 2 aromatic carbocycles. The zero-order valence-electron chi connectivity index (χ0n) is 18.9. The van der Waals surface area contributed by atoms with Gasteiger partial charge in [0.25, 0.3) is 5.91 Å². The van der Waals surface area contributed by atoms with Gasteiger partial charge in [-0.2, -0.15) is 0 Å². The number of nitrogens with zero attached hydrogens (tertiary/aromatic N) is 1. The first-order valence-electron chi connectivity index (χ1n) is 11.2. The lowest BCUT2D eigenvalue weighted by Gasteiger charge is -2.30. The van der Waals surface area contributed by atoms with Crippen LogP contribution in [0.4, 0.5) is 0 Å². The van der Waals surface area contributed by atoms with Gasteiger partial charge in [-0.15, -0.1) is 0 Å². The van der Waals surface area contributed by atoms with Crippen molar-refractivity contribution in [2.45, 2.75) is 52.6 Å². The summed E-state index contributed by atoms with van der Waals surface area (Å²) in [6.45, 7) is 10.0. The summed E-state index contributed by atoms with van der Waals surface area (Å²) in [5.41, 5.74) is 3.09. The molecule has 2 aromatic rings. The van der Waals surface area contributed by atoms with Crippen LogP contribution < -0.4 is 10.1 Å². The van der Waals surface area contributed by atoms with Crippen LogP contribution in [0, 0.1) is 11.8 Å². The summed E-state index contributed by atoms with van der Waals surface area (Å²) in [5, 5.41) is 3.23. The summed E-state index contributed by atoms with van der Waals surface area (Å²) in [7, 11) is 1.66. The number of hydrogen-bond acceptors (Lipinski definition) is 3. The third kappa shape index (κ3) is 6.33. The second kappa shape index (κ2) is 10.6. The average molecular weight is 409 g/mol. The second-order valence-electron chi connectivity index (χ2n) is 9.08. The summed E-state index contributed by atoms with van der Waals surface area (Å²) in [5.74, 6) is 2.13. The number of ether oxygens (including phenoxy) is 1. The number of carbonyl (C=O) groups excluding carboxylic acids is 1. The van der Waals surface area contributed by atoms with E-state index in [1.165, 1.54) is 31.5 Å². The van der Waals surface area contributed by atoms with Gasteiger partial charge in [-0.25, -0.2) is 0 Å². The summed E-state index contributed by atoms with van der Waals surface area (Å²) < 4.78 is 5.26. The van der Waals surface area contributed by atoms with Gasteiger partial charge < -0.3 is 10.1 Å². The SMILES string of the molecule is COc1ccc([C@H](CC(C)C)NC(=O)c2ccc(CN3CCC(C)CC3)cc2)cc1. The van der Waals surface area contributed by atoms with E-state index in [1.54, 1.807) is 7.11 Å². The average Bonchev–Trinajstić information content (AvgIpc) is 2.75. The Hall–Kier alpha value is -2.33. The van der Waals surface area contributed by atoms with Gasteiger partial charge in [0.15, 0.2) is 0 Å². The minimum Gasteiger partial charge on any atom is -0.497 e. The van der Waals surface area contributed by atoms with Gasteiger partial charge in [0.1, 0.15) is 5.75 Å². The molecule has 1 aliphatic heterocycles. The third-order valence-electron chi connectivity index (χ3n) is 6.03. The van der Waals surface area contributed by atoms with E-state index in [1.807, 2.05) is 36.4 Å². The number of benzene rings is 2. The van der Waals surface area contributed by atoms with Gasteiger partial charge in [0.2, 0.25) is 0 Å². The highest BCUT2D eigenvalue weighted by Crippen LogP contribution is 2.24. The highest BCUT2D eigenvalue weighted by atomic mass is 16.5. The Balaban J connectivity index is 1.63. The molecular formula is C26H36N2O2. The zero-order valence-corrected chi connectivity index (χ0v) is 18.9. The number of methoxy groups -OCH3 is 1. The first-order chi connectivity index (χ1) is 14.4. The molecule has 1 heterocycles. The van der Waals surface area contributed by atoms with Crippen molar-refractivity contribution in [3.8, 4) is 5.75 Å². The Morgan fingerprint density at radius 3 is 2.27 bits per heavy atom. The molecule has 1 atom stereocenters. The highest BCUT2D eigenvalue weighted by Gasteiger charge is 2.18. The van der Waals surface area contributed by atoms with Gasteiger partial charge in [-0.05, 0) is 79.6 Å². The van der Waals surface area contributed by atoms with Crippen LogP contribution >= 0.6 is 0 Å². The van der Waals surface area contributed by atoms with Crippen LogP contribution in [0.2, 0.25) is 0 Å². The van der Waals surface area contributed by atoms with Crippen molar-refractivity contribution in [3.63, 3.8) is 0 Å². The molecule has 1 aliphatic rings. The van der Waals surface area contributed by atoms with E-state index >= 15 is 0 Å². The fraction of sp³-hybridized carbons (Fsp3) is 0.500. The maximum atomic E-state index is 12.9.